The lowest BCUT2D eigenvalue weighted by atomic mass is 9.93. The summed E-state index contributed by atoms with van der Waals surface area (Å²) in [5.74, 6) is 5.74. The number of aromatic nitrogens is 9. The van der Waals surface area contributed by atoms with Crippen LogP contribution >= 0.6 is 0 Å². The second kappa shape index (κ2) is 36.0. The summed E-state index contributed by atoms with van der Waals surface area (Å²) >= 11 is 0. The van der Waals surface area contributed by atoms with E-state index in [9.17, 15) is 0 Å². The second-order valence-electron chi connectivity index (χ2n) is 37.0. The number of hydrogen-bond donors (Lipinski definition) is 0. The molecule has 0 aliphatic heterocycles. The fourth-order valence-electron chi connectivity index (χ4n) is 21.0. The number of fused-ring (bicyclic) bond motifs is 21. The number of rotatable bonds is 12. The van der Waals surface area contributed by atoms with Crippen molar-refractivity contribution in [1.29, 1.82) is 0 Å². The van der Waals surface area contributed by atoms with Gasteiger partial charge in [0.05, 0.1) is 0 Å². The second-order valence-corrected chi connectivity index (χ2v) is 37.0. The number of hydrogen-bond acceptors (Lipinski definition) is 10. The maximum atomic E-state index is 6.25. The lowest BCUT2D eigenvalue weighted by molar-refractivity contribution is 0.669. The topological polar surface area (TPSA) is 129 Å². The molecule has 29 rings (SSSR count). The van der Waals surface area contributed by atoms with E-state index in [1.54, 1.807) is 0 Å². The minimum atomic E-state index is 0.610. The molecule has 674 valence electrons. The summed E-state index contributed by atoms with van der Waals surface area (Å²) in [6.07, 6.45) is 0. The highest BCUT2D eigenvalue weighted by molar-refractivity contribution is 6.22. The van der Waals surface area contributed by atoms with Crippen LogP contribution in [0.15, 0.2) is 508 Å². The average Bonchev–Trinajstić information content (AvgIpc) is 1.56. The predicted molar refractivity (Wildman–Crippen MR) is 602 cm³/mol. The van der Waals surface area contributed by atoms with Crippen molar-refractivity contribution in [3.05, 3.63) is 504 Å². The molecule has 0 fully saturated rings. The van der Waals surface area contributed by atoms with Crippen LogP contribution in [0.1, 0.15) is 0 Å². The molecular formula is C135H83N9O. The van der Waals surface area contributed by atoms with Crippen molar-refractivity contribution < 1.29 is 4.42 Å². The predicted octanol–water partition coefficient (Wildman–Crippen LogP) is 35.4. The molecular weight excluding hydrogens is 1760 g/mol. The van der Waals surface area contributed by atoms with Crippen LogP contribution in [0.3, 0.4) is 0 Å². The quantitative estimate of drug-likeness (QED) is 0.109. The Morgan fingerprint density at radius 1 is 0.110 bits per heavy atom. The minimum absolute atomic E-state index is 0.610. The maximum absolute atomic E-state index is 6.25. The fraction of sp³-hybridized carbons (Fsp3) is 0. The van der Waals surface area contributed by atoms with Gasteiger partial charge >= 0.3 is 0 Å². The third kappa shape index (κ3) is 15.9. The van der Waals surface area contributed by atoms with Crippen molar-refractivity contribution >= 4 is 151 Å². The Labute approximate surface area is 834 Å². The van der Waals surface area contributed by atoms with E-state index in [4.69, 9.17) is 49.3 Å². The van der Waals surface area contributed by atoms with Crippen LogP contribution in [0.25, 0.3) is 287 Å². The third-order valence-corrected chi connectivity index (χ3v) is 28.3. The first-order valence-electron chi connectivity index (χ1n) is 48.9. The minimum Gasteiger partial charge on any atom is -0.456 e. The van der Waals surface area contributed by atoms with E-state index >= 15 is 0 Å². The lowest BCUT2D eigenvalue weighted by Crippen LogP contribution is -2.01. The number of para-hydroxylation sites is 1. The van der Waals surface area contributed by atoms with E-state index in [1.807, 2.05) is 42.5 Å². The zero-order valence-corrected chi connectivity index (χ0v) is 78.4. The number of nitrogens with zero attached hydrogens (tertiary/aromatic N) is 9. The summed E-state index contributed by atoms with van der Waals surface area (Å²) < 4.78 is 6.25. The average molecular weight is 1850 g/mol. The van der Waals surface area contributed by atoms with Gasteiger partial charge in [0.15, 0.2) is 52.4 Å². The highest BCUT2D eigenvalue weighted by Crippen LogP contribution is 2.44. The molecule has 0 aliphatic rings. The monoisotopic (exact) mass is 1850 g/mol. The van der Waals surface area contributed by atoms with Crippen LogP contribution in [0.2, 0.25) is 0 Å². The van der Waals surface area contributed by atoms with Crippen LogP contribution in [0, 0.1) is 0 Å². The van der Waals surface area contributed by atoms with Gasteiger partial charge in [-0.05, 0) is 217 Å². The third-order valence-electron chi connectivity index (χ3n) is 28.3. The van der Waals surface area contributed by atoms with Gasteiger partial charge in [0, 0.05) is 60.8 Å². The zero-order valence-electron chi connectivity index (χ0n) is 78.4. The first-order chi connectivity index (χ1) is 71.8. The highest BCUT2D eigenvalue weighted by Gasteiger charge is 2.24. The summed E-state index contributed by atoms with van der Waals surface area (Å²) in [7, 11) is 0. The Morgan fingerprint density at radius 3 is 0.897 bits per heavy atom. The summed E-state index contributed by atoms with van der Waals surface area (Å²) in [4.78, 5) is 46.2. The Morgan fingerprint density at radius 2 is 0.386 bits per heavy atom. The summed E-state index contributed by atoms with van der Waals surface area (Å²) in [6, 6.07) is 177. The van der Waals surface area contributed by atoms with Crippen molar-refractivity contribution in [2.75, 3.05) is 0 Å². The van der Waals surface area contributed by atoms with E-state index in [2.05, 4.69) is 461 Å². The first-order valence-corrected chi connectivity index (χ1v) is 48.9. The molecule has 0 saturated heterocycles. The van der Waals surface area contributed by atoms with Crippen molar-refractivity contribution in [2.24, 2.45) is 0 Å². The molecule has 0 amide bonds. The summed E-state index contributed by atoms with van der Waals surface area (Å²) in [5.41, 5.74) is 16.9. The molecule has 0 saturated carbocycles. The van der Waals surface area contributed by atoms with Gasteiger partial charge < -0.3 is 4.42 Å². The largest absolute Gasteiger partial charge is 0.456 e. The van der Waals surface area contributed by atoms with E-state index in [-0.39, 0.29) is 0 Å². The fourth-order valence-corrected chi connectivity index (χ4v) is 21.0. The molecule has 0 atom stereocenters. The van der Waals surface area contributed by atoms with E-state index < -0.39 is 0 Å². The van der Waals surface area contributed by atoms with E-state index in [0.717, 1.165) is 116 Å². The number of furan rings is 1. The Balaban J connectivity index is 0.000000108. The lowest BCUT2D eigenvalue weighted by Gasteiger charge is -2.14. The SMILES string of the molecule is c1ccc(-c2ccc(-c3nc(-c4cccc(-c5ccccc5)c4)nc(-c4ccc5ccc6c7ccccc7ccc6c5c4)n3)cc2)cc1.c1ccc(-c2nc(-c3ccc4ccccc4c3)nc(-c3ccc4ccccc4c3)n2)c(-c2ccc3ccc4c5ccccc5ccc4c3c2)c1.c1ccc2cc(-c3nc(-c4ccc5ccc6ccc7ccccc7c6c5c4)nc(-c4cccc5oc6ccccc6c45)n3)ccc2c1. The summed E-state index contributed by atoms with van der Waals surface area (Å²) in [5, 5.41) is 31.1. The van der Waals surface area contributed by atoms with Crippen molar-refractivity contribution in [2.45, 2.75) is 0 Å². The summed E-state index contributed by atoms with van der Waals surface area (Å²) in [6.45, 7) is 0. The molecule has 10 nitrogen and oxygen atoms in total. The van der Waals surface area contributed by atoms with Crippen LogP contribution < -0.4 is 0 Å². The van der Waals surface area contributed by atoms with Crippen molar-refractivity contribution in [3.8, 4) is 136 Å². The smallest absolute Gasteiger partial charge is 0.164 e. The van der Waals surface area contributed by atoms with Gasteiger partial charge in [0.2, 0.25) is 0 Å². The van der Waals surface area contributed by atoms with Crippen LogP contribution in [-0.4, -0.2) is 44.9 Å². The van der Waals surface area contributed by atoms with Gasteiger partial charge in [0.25, 0.3) is 0 Å². The molecule has 10 heteroatoms. The number of benzene rings is 25. The molecule has 0 aliphatic carbocycles. The molecule has 0 spiro atoms. The van der Waals surface area contributed by atoms with Gasteiger partial charge in [-0.1, -0.05) is 449 Å². The van der Waals surface area contributed by atoms with E-state index in [0.29, 0.717) is 52.4 Å². The molecule has 0 N–H and O–H groups in total. The van der Waals surface area contributed by atoms with Gasteiger partial charge in [-0.3, -0.25) is 0 Å². The molecule has 0 unspecified atom stereocenters. The Bertz CT molecular complexity index is 10200. The van der Waals surface area contributed by atoms with Gasteiger partial charge in [-0.25, -0.2) is 44.9 Å². The normalized spacial score (nSPS) is 11.6. The molecule has 0 radical (unpaired) electrons. The molecule has 25 aromatic carbocycles. The van der Waals surface area contributed by atoms with Gasteiger partial charge in [0.1, 0.15) is 11.2 Å². The van der Waals surface area contributed by atoms with Gasteiger partial charge in [-0.2, -0.15) is 0 Å². The van der Waals surface area contributed by atoms with Crippen LogP contribution in [-0.2, 0) is 0 Å². The van der Waals surface area contributed by atoms with E-state index in [1.165, 1.54) is 119 Å². The van der Waals surface area contributed by atoms with Crippen molar-refractivity contribution in [3.63, 3.8) is 0 Å². The molecule has 0 bridgehead atoms. The molecule has 4 aromatic heterocycles. The maximum Gasteiger partial charge on any atom is 0.164 e. The standard InChI is InChI=1S/C47H29N3.C45H29N3.C43H25N3O/c1-3-12-34-27-37(21-17-30(34)9-1)45-48-46(38-22-18-31-10-2-4-13-35(31)28-38)50-47(49-45)43-16-8-7-15-40(43)36-20-19-33-24-25-41-39-14-6-5-11-32(39)23-26-42(41)44(33)29-36;1-3-10-30(11-4-1)32-18-21-35(22-19-32)43-46-44(37-16-9-15-36(28-37)31-12-5-2-6-13-31)48-45(47-43)38-23-20-34-25-26-40-39-17-8-7-14-33(39)24-27-41(40)42(34)29-38;1-2-10-30-24-31(22-16-26(30)8-1)41-44-42(46-43(45-41)35-13-7-15-38-40(35)34-12-5-6-14-37(34)47-38)32-23-19-28-18-21-29-20-17-27-9-3-4-11-33(27)39(29)36(28)25-32/h1-29H;1-29H;1-25H. The molecule has 29 aromatic rings. The first kappa shape index (κ1) is 84.7. The van der Waals surface area contributed by atoms with Crippen LogP contribution in [0.4, 0.5) is 0 Å². The highest BCUT2D eigenvalue weighted by atomic mass is 16.3. The Hall–Kier alpha value is -19.6. The van der Waals surface area contributed by atoms with Gasteiger partial charge in [-0.15, -0.1) is 0 Å². The van der Waals surface area contributed by atoms with Crippen molar-refractivity contribution in [1.82, 2.24) is 44.9 Å². The molecule has 145 heavy (non-hydrogen) atoms. The zero-order chi connectivity index (χ0) is 95.8. The van der Waals surface area contributed by atoms with Crippen LogP contribution in [0.5, 0.6) is 0 Å². The Kier molecular flexibility index (Phi) is 21.0. The molecule has 4 heterocycles.